The van der Waals surface area contributed by atoms with Crippen LogP contribution in [0.5, 0.6) is 0 Å². The van der Waals surface area contributed by atoms with Crippen molar-refractivity contribution in [3.63, 3.8) is 0 Å². The van der Waals surface area contributed by atoms with E-state index in [0.29, 0.717) is 0 Å². The van der Waals surface area contributed by atoms with E-state index in [4.69, 9.17) is 4.42 Å². The Labute approximate surface area is 366 Å². The highest BCUT2D eigenvalue weighted by Gasteiger charge is 2.21. The molecule has 3 heteroatoms. The molecule has 0 bridgehead atoms. The molecule has 0 unspecified atom stereocenters. The molecule has 296 valence electrons. The third-order valence-electron chi connectivity index (χ3n) is 12.4. The average Bonchev–Trinajstić information content (AvgIpc) is 3.91. The van der Waals surface area contributed by atoms with E-state index in [1.165, 1.54) is 38.5 Å². The molecule has 10 aromatic carbocycles. The van der Waals surface area contributed by atoms with Crippen molar-refractivity contribution in [1.29, 1.82) is 0 Å². The highest BCUT2D eigenvalue weighted by Crippen LogP contribution is 2.45. The summed E-state index contributed by atoms with van der Waals surface area (Å²) in [6.45, 7) is 0. The number of hydrogen-bond acceptors (Lipinski definition) is 2. The fourth-order valence-electron chi connectivity index (χ4n) is 9.55. The summed E-state index contributed by atoms with van der Waals surface area (Å²) in [5, 5.41) is 4.74. The monoisotopic (exact) mass is 804 g/mol. The predicted octanol–water partition coefficient (Wildman–Crippen LogP) is 16.8. The van der Waals surface area contributed by atoms with E-state index >= 15 is 0 Å². The zero-order valence-electron chi connectivity index (χ0n) is 34.4. The molecule has 0 saturated heterocycles. The molecule has 0 radical (unpaired) electrons. The second kappa shape index (κ2) is 15.3. The van der Waals surface area contributed by atoms with Gasteiger partial charge >= 0.3 is 0 Å². The van der Waals surface area contributed by atoms with Crippen LogP contribution >= 0.6 is 0 Å². The molecule has 2 aromatic heterocycles. The minimum atomic E-state index is 0.886. The Kier molecular flexibility index (Phi) is 8.83. The highest BCUT2D eigenvalue weighted by atomic mass is 16.3. The lowest BCUT2D eigenvalue weighted by Gasteiger charge is -2.28. The van der Waals surface area contributed by atoms with Crippen LogP contribution in [-0.4, -0.2) is 4.57 Å². The van der Waals surface area contributed by atoms with Gasteiger partial charge in [-0.1, -0.05) is 176 Å². The van der Waals surface area contributed by atoms with Crippen LogP contribution in [-0.2, 0) is 0 Å². The molecule has 0 aliphatic carbocycles. The smallest absolute Gasteiger partial charge is 0.136 e. The van der Waals surface area contributed by atoms with Crippen molar-refractivity contribution >= 4 is 60.8 Å². The standard InChI is InChI=1S/C60H40N2O/c1-2-17-41(18-3-1)43-19-14-20-44(39-43)49-24-5-9-29-54(49)61(47-22-15-21-45(40-47)50-28-16-34-59-60(50)53-27-8-13-33-58(53)63-59)46-37-35-42(36-38-46)48-23-4-10-30-55(48)62-56-31-11-6-25-51(56)52-26-7-12-32-57(52)62/h1-40H. The summed E-state index contributed by atoms with van der Waals surface area (Å²) in [6.07, 6.45) is 0. The molecule has 2 heterocycles. The van der Waals surface area contributed by atoms with Crippen molar-refractivity contribution in [2.75, 3.05) is 4.90 Å². The van der Waals surface area contributed by atoms with Crippen LogP contribution in [0, 0.1) is 0 Å². The number of furan rings is 1. The van der Waals surface area contributed by atoms with Crippen LogP contribution < -0.4 is 4.90 Å². The van der Waals surface area contributed by atoms with Crippen LogP contribution in [0.25, 0.3) is 93.9 Å². The molecule has 3 nitrogen and oxygen atoms in total. The lowest BCUT2D eigenvalue weighted by Crippen LogP contribution is -2.11. The minimum absolute atomic E-state index is 0.886. The molecule has 0 spiro atoms. The van der Waals surface area contributed by atoms with Gasteiger partial charge in [-0.05, 0) is 100 Å². The molecule has 0 amide bonds. The van der Waals surface area contributed by atoms with Crippen molar-refractivity contribution < 1.29 is 4.42 Å². The van der Waals surface area contributed by atoms with E-state index in [1.54, 1.807) is 0 Å². The van der Waals surface area contributed by atoms with Gasteiger partial charge in [-0.25, -0.2) is 0 Å². The largest absolute Gasteiger partial charge is 0.456 e. The molecule has 0 aliphatic rings. The quantitative estimate of drug-likeness (QED) is 0.153. The van der Waals surface area contributed by atoms with Crippen molar-refractivity contribution in [2.45, 2.75) is 0 Å². The first-order chi connectivity index (χ1) is 31.3. The Bertz CT molecular complexity index is 3580. The second-order valence-electron chi connectivity index (χ2n) is 16.1. The fraction of sp³-hybridized carbons (Fsp3) is 0. The molecule has 63 heavy (non-hydrogen) atoms. The summed E-state index contributed by atoms with van der Waals surface area (Å²) in [6, 6.07) is 87.2. The molecule has 0 fully saturated rings. The molecule has 0 N–H and O–H groups in total. The van der Waals surface area contributed by atoms with Crippen LogP contribution in [0.3, 0.4) is 0 Å². The molecular weight excluding hydrogens is 765 g/mol. The molecule has 0 aliphatic heterocycles. The maximum Gasteiger partial charge on any atom is 0.136 e. The first-order valence-electron chi connectivity index (χ1n) is 21.5. The van der Waals surface area contributed by atoms with Gasteiger partial charge in [0.15, 0.2) is 0 Å². The number of anilines is 3. The summed E-state index contributed by atoms with van der Waals surface area (Å²) >= 11 is 0. The number of aromatic nitrogens is 1. The first-order valence-corrected chi connectivity index (χ1v) is 21.5. The Morgan fingerprint density at radius 1 is 0.317 bits per heavy atom. The van der Waals surface area contributed by atoms with E-state index in [1.807, 2.05) is 12.1 Å². The number of para-hydroxylation sites is 5. The van der Waals surface area contributed by atoms with Gasteiger partial charge in [0.25, 0.3) is 0 Å². The van der Waals surface area contributed by atoms with E-state index in [9.17, 15) is 0 Å². The molecule has 12 aromatic rings. The maximum absolute atomic E-state index is 6.35. The third-order valence-corrected chi connectivity index (χ3v) is 12.4. The van der Waals surface area contributed by atoms with Gasteiger partial charge in [0.05, 0.1) is 22.4 Å². The molecule has 12 rings (SSSR count). The van der Waals surface area contributed by atoms with Gasteiger partial charge in [-0.2, -0.15) is 0 Å². The van der Waals surface area contributed by atoms with Crippen molar-refractivity contribution in [3.05, 3.63) is 243 Å². The lowest BCUT2D eigenvalue weighted by atomic mass is 9.96. The maximum atomic E-state index is 6.35. The van der Waals surface area contributed by atoms with Gasteiger partial charge in [-0.3, -0.25) is 0 Å². The van der Waals surface area contributed by atoms with Crippen LogP contribution in [0.15, 0.2) is 247 Å². The van der Waals surface area contributed by atoms with E-state index in [2.05, 4.69) is 240 Å². The molecule has 0 atom stereocenters. The van der Waals surface area contributed by atoms with E-state index < -0.39 is 0 Å². The SMILES string of the molecule is c1ccc(-c2cccc(-c3ccccc3N(c3ccc(-c4ccccc4-n4c5ccccc5c5ccccc54)cc3)c3cccc(-c4cccc5oc6ccccc6c45)c3)c2)cc1. The van der Waals surface area contributed by atoms with Gasteiger partial charge in [0.1, 0.15) is 11.2 Å². The van der Waals surface area contributed by atoms with Crippen LogP contribution in [0.1, 0.15) is 0 Å². The number of benzene rings is 10. The summed E-state index contributed by atoms with van der Waals surface area (Å²) in [5.41, 5.74) is 17.8. The zero-order chi connectivity index (χ0) is 41.7. The summed E-state index contributed by atoms with van der Waals surface area (Å²) in [4.78, 5) is 2.41. The summed E-state index contributed by atoms with van der Waals surface area (Å²) in [5.74, 6) is 0. The van der Waals surface area contributed by atoms with E-state index in [0.717, 1.165) is 72.5 Å². The number of fused-ring (bicyclic) bond motifs is 6. The predicted molar refractivity (Wildman–Crippen MR) is 264 cm³/mol. The van der Waals surface area contributed by atoms with Crippen LogP contribution in [0.4, 0.5) is 17.1 Å². The van der Waals surface area contributed by atoms with Gasteiger partial charge in [-0.15, -0.1) is 0 Å². The Hall–Kier alpha value is -8.40. The Morgan fingerprint density at radius 2 is 0.873 bits per heavy atom. The normalized spacial score (nSPS) is 11.5. The summed E-state index contributed by atoms with van der Waals surface area (Å²) in [7, 11) is 0. The number of nitrogens with zero attached hydrogens (tertiary/aromatic N) is 2. The average molecular weight is 805 g/mol. The van der Waals surface area contributed by atoms with Crippen molar-refractivity contribution in [3.8, 4) is 50.2 Å². The van der Waals surface area contributed by atoms with Gasteiger partial charge in [0.2, 0.25) is 0 Å². The number of hydrogen-bond donors (Lipinski definition) is 0. The molecule has 0 saturated carbocycles. The molecular formula is C60H40N2O. The van der Waals surface area contributed by atoms with Crippen molar-refractivity contribution in [2.24, 2.45) is 0 Å². The number of rotatable bonds is 8. The Balaban J connectivity index is 1.02. The van der Waals surface area contributed by atoms with E-state index in [-0.39, 0.29) is 0 Å². The fourth-order valence-corrected chi connectivity index (χ4v) is 9.55. The van der Waals surface area contributed by atoms with Crippen molar-refractivity contribution in [1.82, 2.24) is 4.57 Å². The lowest BCUT2D eigenvalue weighted by molar-refractivity contribution is 0.669. The highest BCUT2D eigenvalue weighted by molar-refractivity contribution is 6.13. The second-order valence-corrected chi connectivity index (χ2v) is 16.1. The Morgan fingerprint density at radius 3 is 1.67 bits per heavy atom. The zero-order valence-corrected chi connectivity index (χ0v) is 34.4. The van der Waals surface area contributed by atoms with Crippen LogP contribution in [0.2, 0.25) is 0 Å². The topological polar surface area (TPSA) is 21.3 Å². The first kappa shape index (κ1) is 36.5. The summed E-state index contributed by atoms with van der Waals surface area (Å²) < 4.78 is 8.76. The van der Waals surface area contributed by atoms with Gasteiger partial charge in [0, 0.05) is 44.0 Å². The minimum Gasteiger partial charge on any atom is -0.456 e. The third kappa shape index (κ3) is 6.29. The van der Waals surface area contributed by atoms with Gasteiger partial charge < -0.3 is 13.9 Å².